The first-order valence-electron chi connectivity index (χ1n) is 5.08. The number of rotatable bonds is 2. The molecule has 84 valence electrons. The Balaban J connectivity index is 2.50. The van der Waals surface area contributed by atoms with Gasteiger partial charge in [0.1, 0.15) is 12.1 Å². The van der Waals surface area contributed by atoms with Gasteiger partial charge in [-0.2, -0.15) is 0 Å². The quantitative estimate of drug-likeness (QED) is 0.595. The van der Waals surface area contributed by atoms with E-state index in [0.29, 0.717) is 5.69 Å². The summed E-state index contributed by atoms with van der Waals surface area (Å²) in [5.74, 6) is 0.793. The third kappa shape index (κ3) is 1.71. The van der Waals surface area contributed by atoms with E-state index in [9.17, 15) is 5.11 Å². The van der Waals surface area contributed by atoms with E-state index in [2.05, 4.69) is 10.2 Å². The molecule has 0 spiro atoms. The number of aromatic hydroxyl groups is 1. The van der Waals surface area contributed by atoms with Gasteiger partial charge in [-0.05, 0) is 32.0 Å². The van der Waals surface area contributed by atoms with Crippen molar-refractivity contribution in [3.8, 4) is 17.1 Å². The molecular formula is C11H14N4O. The summed E-state index contributed by atoms with van der Waals surface area (Å²) in [5, 5.41) is 17.5. The maximum Gasteiger partial charge on any atom is 0.164 e. The highest BCUT2D eigenvalue weighted by molar-refractivity contribution is 5.64. The van der Waals surface area contributed by atoms with Crippen LogP contribution < -0.4 is 5.73 Å². The van der Waals surface area contributed by atoms with Gasteiger partial charge in [0.05, 0.1) is 5.69 Å². The Labute approximate surface area is 93.5 Å². The first-order chi connectivity index (χ1) is 7.59. The van der Waals surface area contributed by atoms with Gasteiger partial charge >= 0.3 is 0 Å². The third-order valence-corrected chi connectivity index (χ3v) is 2.42. The minimum absolute atomic E-state index is 0.0656. The second-order valence-electron chi connectivity index (χ2n) is 3.93. The van der Waals surface area contributed by atoms with Crippen LogP contribution >= 0.6 is 0 Å². The van der Waals surface area contributed by atoms with Crippen LogP contribution in [0.15, 0.2) is 24.5 Å². The molecule has 0 amide bonds. The number of benzene rings is 1. The maximum absolute atomic E-state index is 9.55. The van der Waals surface area contributed by atoms with Crippen molar-refractivity contribution in [2.45, 2.75) is 19.9 Å². The van der Waals surface area contributed by atoms with Crippen molar-refractivity contribution in [1.29, 1.82) is 0 Å². The van der Waals surface area contributed by atoms with Crippen LogP contribution in [0.3, 0.4) is 0 Å². The maximum atomic E-state index is 9.55. The van der Waals surface area contributed by atoms with Gasteiger partial charge in [-0.15, -0.1) is 10.2 Å². The van der Waals surface area contributed by atoms with Crippen LogP contribution in [0.2, 0.25) is 0 Å². The second-order valence-corrected chi connectivity index (χ2v) is 3.93. The predicted molar refractivity (Wildman–Crippen MR) is 61.9 cm³/mol. The monoisotopic (exact) mass is 218 g/mol. The molecule has 0 saturated carbocycles. The van der Waals surface area contributed by atoms with Crippen molar-refractivity contribution < 1.29 is 5.11 Å². The summed E-state index contributed by atoms with van der Waals surface area (Å²) in [6, 6.07) is 5.34. The first-order valence-corrected chi connectivity index (χ1v) is 5.08. The molecule has 0 aliphatic heterocycles. The normalized spacial score (nSPS) is 10.9. The lowest BCUT2D eigenvalue weighted by atomic mass is 10.1. The molecule has 0 fully saturated rings. The summed E-state index contributed by atoms with van der Waals surface area (Å²) in [6.45, 7) is 4.09. The highest BCUT2D eigenvalue weighted by atomic mass is 16.3. The van der Waals surface area contributed by atoms with E-state index < -0.39 is 0 Å². The number of phenolic OH excluding ortho intramolecular Hbond substituents is 1. The number of aromatic nitrogens is 3. The van der Waals surface area contributed by atoms with Gasteiger partial charge < -0.3 is 15.4 Å². The van der Waals surface area contributed by atoms with E-state index in [-0.39, 0.29) is 11.8 Å². The van der Waals surface area contributed by atoms with Gasteiger partial charge in [-0.1, -0.05) is 0 Å². The Morgan fingerprint density at radius 3 is 2.75 bits per heavy atom. The lowest BCUT2D eigenvalue weighted by Crippen LogP contribution is -2.01. The summed E-state index contributed by atoms with van der Waals surface area (Å²) >= 11 is 0. The molecule has 0 atom stereocenters. The first kappa shape index (κ1) is 10.5. The van der Waals surface area contributed by atoms with Crippen LogP contribution in [0.25, 0.3) is 11.4 Å². The highest BCUT2D eigenvalue weighted by Gasteiger charge is 2.10. The predicted octanol–water partition coefficient (Wildman–Crippen LogP) is 1.81. The van der Waals surface area contributed by atoms with E-state index in [0.717, 1.165) is 11.4 Å². The zero-order chi connectivity index (χ0) is 11.7. The molecule has 0 aliphatic carbocycles. The van der Waals surface area contributed by atoms with Gasteiger partial charge in [-0.25, -0.2) is 0 Å². The van der Waals surface area contributed by atoms with E-state index >= 15 is 0 Å². The van der Waals surface area contributed by atoms with Crippen molar-refractivity contribution in [2.24, 2.45) is 0 Å². The summed E-state index contributed by atoms with van der Waals surface area (Å²) < 4.78 is 1.94. The fraction of sp³-hybridized carbons (Fsp3) is 0.273. The molecule has 3 N–H and O–H groups in total. The molecule has 2 rings (SSSR count). The second kappa shape index (κ2) is 3.84. The Bertz CT molecular complexity index is 504. The lowest BCUT2D eigenvalue weighted by molar-refractivity contribution is 0.478. The van der Waals surface area contributed by atoms with Crippen molar-refractivity contribution in [2.75, 3.05) is 5.73 Å². The summed E-state index contributed by atoms with van der Waals surface area (Å²) in [5.41, 5.74) is 6.71. The number of nitrogens with two attached hydrogens (primary N) is 1. The van der Waals surface area contributed by atoms with Gasteiger partial charge in [0.25, 0.3) is 0 Å². The molecule has 0 bridgehead atoms. The molecule has 1 heterocycles. The summed E-state index contributed by atoms with van der Waals surface area (Å²) in [7, 11) is 0. The zero-order valence-electron chi connectivity index (χ0n) is 9.25. The Morgan fingerprint density at radius 2 is 2.12 bits per heavy atom. The molecule has 0 saturated heterocycles. The minimum atomic E-state index is 0.0656. The third-order valence-electron chi connectivity index (χ3n) is 2.42. The van der Waals surface area contributed by atoms with Crippen LogP contribution in [0.1, 0.15) is 19.9 Å². The molecule has 0 unspecified atom stereocenters. The number of hydrogen-bond acceptors (Lipinski definition) is 4. The number of nitrogens with zero attached hydrogens (tertiary/aromatic N) is 3. The van der Waals surface area contributed by atoms with Crippen molar-refractivity contribution >= 4 is 5.69 Å². The molecular weight excluding hydrogens is 204 g/mol. The van der Waals surface area contributed by atoms with Crippen molar-refractivity contribution in [1.82, 2.24) is 14.8 Å². The van der Waals surface area contributed by atoms with Crippen molar-refractivity contribution in [3.63, 3.8) is 0 Å². The molecule has 16 heavy (non-hydrogen) atoms. The van der Waals surface area contributed by atoms with Crippen LogP contribution in [-0.2, 0) is 0 Å². The van der Waals surface area contributed by atoms with E-state index in [4.69, 9.17) is 5.73 Å². The minimum Gasteiger partial charge on any atom is -0.506 e. The lowest BCUT2D eigenvalue weighted by Gasteiger charge is -2.10. The van der Waals surface area contributed by atoms with Crippen molar-refractivity contribution in [3.05, 3.63) is 24.5 Å². The fourth-order valence-electron chi connectivity index (χ4n) is 1.51. The van der Waals surface area contributed by atoms with Gasteiger partial charge in [0.15, 0.2) is 5.82 Å². The van der Waals surface area contributed by atoms with Gasteiger partial charge in [0, 0.05) is 11.6 Å². The average molecular weight is 218 g/mol. The standard InChI is InChI=1S/C11H14N4O/c1-7(2)15-6-13-14-11(15)8-3-4-9(12)10(16)5-8/h3-7,16H,12H2,1-2H3. The summed E-state index contributed by atoms with van der Waals surface area (Å²) in [4.78, 5) is 0. The SMILES string of the molecule is CC(C)n1cnnc1-c1ccc(N)c(O)c1. The fourth-order valence-corrected chi connectivity index (χ4v) is 1.51. The Hall–Kier alpha value is -2.04. The smallest absolute Gasteiger partial charge is 0.164 e. The van der Waals surface area contributed by atoms with Gasteiger partial charge in [-0.3, -0.25) is 0 Å². The molecule has 1 aromatic heterocycles. The van der Waals surface area contributed by atoms with E-state index in [1.165, 1.54) is 0 Å². The number of anilines is 1. The zero-order valence-corrected chi connectivity index (χ0v) is 9.25. The summed E-state index contributed by atoms with van der Waals surface area (Å²) in [6.07, 6.45) is 1.67. The number of nitrogen functional groups attached to an aromatic ring is 1. The molecule has 2 aromatic rings. The average Bonchev–Trinajstić information content (AvgIpc) is 2.71. The molecule has 1 aromatic carbocycles. The Kier molecular flexibility index (Phi) is 2.52. The van der Waals surface area contributed by atoms with Crippen LogP contribution in [0.5, 0.6) is 5.75 Å². The molecule has 5 heteroatoms. The number of phenols is 1. The largest absolute Gasteiger partial charge is 0.506 e. The highest BCUT2D eigenvalue weighted by Crippen LogP contribution is 2.27. The Morgan fingerprint density at radius 1 is 1.38 bits per heavy atom. The molecule has 0 radical (unpaired) electrons. The topological polar surface area (TPSA) is 77.0 Å². The van der Waals surface area contributed by atoms with Crippen LogP contribution in [0, 0.1) is 0 Å². The molecule has 5 nitrogen and oxygen atoms in total. The van der Waals surface area contributed by atoms with Crippen LogP contribution in [-0.4, -0.2) is 19.9 Å². The van der Waals surface area contributed by atoms with E-state index in [1.807, 2.05) is 24.5 Å². The van der Waals surface area contributed by atoms with E-state index in [1.54, 1.807) is 18.5 Å². The van der Waals surface area contributed by atoms with Crippen LogP contribution in [0.4, 0.5) is 5.69 Å². The van der Waals surface area contributed by atoms with Gasteiger partial charge in [0.2, 0.25) is 0 Å². The number of hydrogen-bond donors (Lipinski definition) is 2. The molecule has 0 aliphatic rings.